The van der Waals surface area contributed by atoms with Gasteiger partial charge in [-0.3, -0.25) is 0 Å². The number of rotatable bonds is 4. The minimum absolute atomic E-state index is 0.721. The van der Waals surface area contributed by atoms with Crippen LogP contribution in [-0.4, -0.2) is 19.4 Å². The molecule has 0 saturated carbocycles. The highest BCUT2D eigenvalue weighted by Crippen LogP contribution is 2.30. The monoisotopic (exact) mass is 231 g/mol. The Morgan fingerprint density at radius 2 is 2.21 bits per heavy atom. The first-order valence-electron chi connectivity index (χ1n) is 4.38. The second-order valence-electron chi connectivity index (χ2n) is 2.95. The molecule has 0 fully saturated rings. The molecule has 0 saturated heterocycles. The van der Waals surface area contributed by atoms with E-state index in [0.29, 0.717) is 0 Å². The van der Waals surface area contributed by atoms with E-state index in [-0.39, 0.29) is 0 Å². The van der Waals surface area contributed by atoms with Crippen molar-refractivity contribution >= 4 is 29.9 Å². The van der Waals surface area contributed by atoms with Crippen LogP contribution < -0.4 is 10.1 Å². The van der Waals surface area contributed by atoms with Gasteiger partial charge in [-0.25, -0.2) is 0 Å². The summed E-state index contributed by atoms with van der Waals surface area (Å²) in [4.78, 5) is 0. The van der Waals surface area contributed by atoms with Crippen molar-refractivity contribution in [2.75, 3.05) is 24.7 Å². The van der Waals surface area contributed by atoms with Gasteiger partial charge in [-0.2, -0.15) is 12.6 Å². The molecule has 0 bridgehead atoms. The third kappa shape index (κ3) is 2.72. The summed E-state index contributed by atoms with van der Waals surface area (Å²) in [6.07, 6.45) is 0. The van der Waals surface area contributed by atoms with Gasteiger partial charge >= 0.3 is 0 Å². The molecule has 0 radical (unpaired) electrons. The number of hydrogen-bond donors (Lipinski definition) is 2. The summed E-state index contributed by atoms with van der Waals surface area (Å²) in [6, 6.07) is 3.79. The topological polar surface area (TPSA) is 21.3 Å². The molecule has 0 unspecified atom stereocenters. The van der Waals surface area contributed by atoms with Crippen LogP contribution in [-0.2, 0) is 0 Å². The summed E-state index contributed by atoms with van der Waals surface area (Å²) in [6.45, 7) is 2.77. The molecule has 0 aliphatic heterocycles. The predicted octanol–water partition coefficient (Wildman–Crippen LogP) is 3.00. The highest BCUT2D eigenvalue weighted by molar-refractivity contribution is 7.80. The van der Waals surface area contributed by atoms with E-state index in [2.05, 4.69) is 17.9 Å². The molecule has 1 N–H and O–H groups in total. The van der Waals surface area contributed by atoms with E-state index in [1.165, 1.54) is 0 Å². The maximum Gasteiger partial charge on any atom is 0.143 e. The maximum absolute atomic E-state index is 5.98. The van der Waals surface area contributed by atoms with E-state index in [4.69, 9.17) is 16.3 Å². The van der Waals surface area contributed by atoms with Crippen molar-refractivity contribution in [1.29, 1.82) is 0 Å². The lowest BCUT2D eigenvalue weighted by atomic mass is 10.2. The zero-order valence-electron chi connectivity index (χ0n) is 8.30. The number of methoxy groups -OCH3 is 1. The molecule has 0 aliphatic rings. The summed E-state index contributed by atoms with van der Waals surface area (Å²) in [5.41, 5.74) is 2.00. The van der Waals surface area contributed by atoms with Crippen LogP contribution in [0.25, 0.3) is 0 Å². The summed E-state index contributed by atoms with van der Waals surface area (Å²) in [7, 11) is 1.63. The van der Waals surface area contributed by atoms with Crippen LogP contribution in [0.1, 0.15) is 5.56 Å². The molecular weight excluding hydrogens is 218 g/mol. The third-order valence-electron chi connectivity index (χ3n) is 1.91. The van der Waals surface area contributed by atoms with Crippen molar-refractivity contribution in [3.05, 3.63) is 22.7 Å². The molecule has 0 amide bonds. The lowest BCUT2D eigenvalue weighted by molar-refractivity contribution is 0.416. The van der Waals surface area contributed by atoms with Crippen molar-refractivity contribution in [3.8, 4) is 5.75 Å². The molecule has 0 aliphatic carbocycles. The number of hydrogen-bond acceptors (Lipinski definition) is 3. The number of thiol groups is 1. The first-order chi connectivity index (χ1) is 6.69. The molecule has 1 aromatic rings. The zero-order valence-corrected chi connectivity index (χ0v) is 9.95. The Hall–Kier alpha value is -0.540. The second kappa shape index (κ2) is 5.37. The SMILES string of the molecule is COc1cc(Cl)c(C)cc1NCCS. The molecular formula is C10H14ClNOS. The quantitative estimate of drug-likeness (QED) is 0.778. The summed E-state index contributed by atoms with van der Waals surface area (Å²) < 4.78 is 5.21. The Bertz CT molecular complexity index is 317. The Balaban J connectivity index is 2.95. The number of anilines is 1. The molecule has 1 aromatic carbocycles. The average Bonchev–Trinajstić information content (AvgIpc) is 2.19. The van der Waals surface area contributed by atoms with Crippen LogP contribution in [0.3, 0.4) is 0 Å². The molecule has 0 aromatic heterocycles. The van der Waals surface area contributed by atoms with Crippen molar-refractivity contribution in [3.63, 3.8) is 0 Å². The van der Waals surface area contributed by atoms with Crippen molar-refractivity contribution in [2.24, 2.45) is 0 Å². The number of aryl methyl sites for hydroxylation is 1. The highest BCUT2D eigenvalue weighted by Gasteiger charge is 2.05. The lowest BCUT2D eigenvalue weighted by Gasteiger charge is -2.12. The van der Waals surface area contributed by atoms with Crippen LogP contribution >= 0.6 is 24.2 Å². The van der Waals surface area contributed by atoms with Crippen LogP contribution in [0.15, 0.2) is 12.1 Å². The molecule has 78 valence electrons. The van der Waals surface area contributed by atoms with Crippen molar-refractivity contribution < 1.29 is 4.74 Å². The number of benzene rings is 1. The van der Waals surface area contributed by atoms with E-state index in [1.807, 2.05) is 19.1 Å². The average molecular weight is 232 g/mol. The van der Waals surface area contributed by atoms with E-state index in [9.17, 15) is 0 Å². The fourth-order valence-corrected chi connectivity index (χ4v) is 1.43. The van der Waals surface area contributed by atoms with E-state index >= 15 is 0 Å². The fraction of sp³-hybridized carbons (Fsp3) is 0.400. The first kappa shape index (κ1) is 11.5. The van der Waals surface area contributed by atoms with Crippen LogP contribution in [0.2, 0.25) is 5.02 Å². The van der Waals surface area contributed by atoms with E-state index in [1.54, 1.807) is 7.11 Å². The van der Waals surface area contributed by atoms with Crippen LogP contribution in [0.5, 0.6) is 5.75 Å². The zero-order chi connectivity index (χ0) is 10.6. The Morgan fingerprint density at radius 3 is 2.79 bits per heavy atom. The molecule has 0 heterocycles. The van der Waals surface area contributed by atoms with Crippen LogP contribution in [0, 0.1) is 6.92 Å². The Kier molecular flexibility index (Phi) is 4.42. The van der Waals surface area contributed by atoms with E-state index < -0.39 is 0 Å². The normalized spacial score (nSPS) is 10.0. The highest BCUT2D eigenvalue weighted by atomic mass is 35.5. The number of nitrogens with one attached hydrogen (secondary N) is 1. The van der Waals surface area contributed by atoms with Gasteiger partial charge in [0.15, 0.2) is 0 Å². The molecule has 1 rings (SSSR count). The largest absolute Gasteiger partial charge is 0.495 e. The van der Waals surface area contributed by atoms with Gasteiger partial charge in [0.25, 0.3) is 0 Å². The number of halogens is 1. The Labute approximate surface area is 95.0 Å². The standard InChI is InChI=1S/C10H14ClNOS/c1-7-5-9(12-3-4-14)10(13-2)6-8(7)11/h5-6,12,14H,3-4H2,1-2H3. The summed E-state index contributed by atoms with van der Waals surface area (Å²) >= 11 is 10.1. The van der Waals surface area contributed by atoms with E-state index in [0.717, 1.165) is 34.3 Å². The summed E-state index contributed by atoms with van der Waals surface area (Å²) in [5, 5.41) is 3.94. The molecule has 2 nitrogen and oxygen atoms in total. The molecule has 0 atom stereocenters. The van der Waals surface area contributed by atoms with Crippen molar-refractivity contribution in [1.82, 2.24) is 0 Å². The van der Waals surface area contributed by atoms with Gasteiger partial charge in [-0.05, 0) is 18.6 Å². The number of ether oxygens (including phenoxy) is 1. The molecule has 14 heavy (non-hydrogen) atoms. The smallest absolute Gasteiger partial charge is 0.143 e. The summed E-state index contributed by atoms with van der Waals surface area (Å²) in [5.74, 6) is 1.55. The lowest BCUT2D eigenvalue weighted by Crippen LogP contribution is -2.04. The first-order valence-corrected chi connectivity index (χ1v) is 5.39. The minimum Gasteiger partial charge on any atom is -0.495 e. The van der Waals surface area contributed by atoms with Gasteiger partial charge in [0.05, 0.1) is 12.8 Å². The van der Waals surface area contributed by atoms with Gasteiger partial charge in [0.2, 0.25) is 0 Å². The van der Waals surface area contributed by atoms with Gasteiger partial charge in [0.1, 0.15) is 5.75 Å². The van der Waals surface area contributed by atoms with Gasteiger partial charge in [-0.1, -0.05) is 11.6 Å². The van der Waals surface area contributed by atoms with Gasteiger partial charge in [-0.15, -0.1) is 0 Å². The fourth-order valence-electron chi connectivity index (χ4n) is 1.16. The van der Waals surface area contributed by atoms with Gasteiger partial charge in [0, 0.05) is 23.4 Å². The van der Waals surface area contributed by atoms with Gasteiger partial charge < -0.3 is 10.1 Å². The third-order valence-corrected chi connectivity index (χ3v) is 2.54. The van der Waals surface area contributed by atoms with Crippen LogP contribution in [0.4, 0.5) is 5.69 Å². The minimum atomic E-state index is 0.721. The molecule has 4 heteroatoms. The second-order valence-corrected chi connectivity index (χ2v) is 3.81. The maximum atomic E-state index is 5.98. The molecule has 0 spiro atoms. The van der Waals surface area contributed by atoms with Crippen molar-refractivity contribution in [2.45, 2.75) is 6.92 Å². The Morgan fingerprint density at radius 1 is 1.50 bits per heavy atom. The predicted molar refractivity (Wildman–Crippen MR) is 65.1 cm³/mol.